The molecule has 94 valence electrons. The Morgan fingerprint density at radius 2 is 1.94 bits per heavy atom. The Hall–Kier alpha value is -1.61. The van der Waals surface area contributed by atoms with Gasteiger partial charge < -0.3 is 5.11 Å². The average molecular weight is 242 g/mol. The molecule has 2 unspecified atom stereocenters. The van der Waals surface area contributed by atoms with E-state index < -0.39 is 0 Å². The van der Waals surface area contributed by atoms with Gasteiger partial charge in [-0.15, -0.1) is 0 Å². The molecule has 3 heteroatoms. The minimum absolute atomic E-state index is 0.159. The van der Waals surface area contributed by atoms with E-state index in [0.29, 0.717) is 6.04 Å². The molecule has 2 atom stereocenters. The lowest BCUT2D eigenvalue weighted by Gasteiger charge is -2.25. The van der Waals surface area contributed by atoms with Gasteiger partial charge in [0, 0.05) is 11.8 Å². The van der Waals surface area contributed by atoms with Gasteiger partial charge in [-0.3, -0.25) is 4.68 Å². The smallest absolute Gasteiger partial charge is 0.0568 e. The van der Waals surface area contributed by atoms with E-state index in [0.717, 1.165) is 31.2 Å². The van der Waals surface area contributed by atoms with Crippen LogP contribution in [0.4, 0.5) is 0 Å². The molecule has 1 aliphatic rings. The highest BCUT2D eigenvalue weighted by Crippen LogP contribution is 2.29. The van der Waals surface area contributed by atoms with Gasteiger partial charge in [-0.05, 0) is 31.2 Å². The normalized spacial score (nSPS) is 24.1. The second kappa shape index (κ2) is 4.94. The van der Waals surface area contributed by atoms with Crippen LogP contribution < -0.4 is 0 Å². The van der Waals surface area contributed by atoms with Crippen LogP contribution in [-0.4, -0.2) is 21.0 Å². The van der Waals surface area contributed by atoms with Crippen molar-refractivity contribution in [2.24, 2.45) is 0 Å². The maximum Gasteiger partial charge on any atom is 0.0568 e. The molecule has 0 amide bonds. The van der Waals surface area contributed by atoms with Crippen molar-refractivity contribution in [1.29, 1.82) is 0 Å². The largest absolute Gasteiger partial charge is 0.393 e. The summed E-state index contributed by atoms with van der Waals surface area (Å²) in [4.78, 5) is 0. The van der Waals surface area contributed by atoms with Gasteiger partial charge in [0.05, 0.1) is 18.3 Å². The highest BCUT2D eigenvalue weighted by molar-refractivity contribution is 5.61. The van der Waals surface area contributed by atoms with E-state index in [9.17, 15) is 5.11 Å². The lowest BCUT2D eigenvalue weighted by Crippen LogP contribution is -2.22. The van der Waals surface area contributed by atoms with Crippen molar-refractivity contribution in [2.75, 3.05) is 0 Å². The van der Waals surface area contributed by atoms with Crippen LogP contribution in [0.5, 0.6) is 0 Å². The molecule has 1 aliphatic carbocycles. The molecule has 1 aromatic carbocycles. The fraction of sp³-hybridized carbons (Fsp3) is 0.400. The molecule has 1 heterocycles. The van der Waals surface area contributed by atoms with Crippen molar-refractivity contribution in [1.82, 2.24) is 9.78 Å². The third-order valence-corrected chi connectivity index (χ3v) is 3.70. The van der Waals surface area contributed by atoms with Gasteiger partial charge in [-0.1, -0.05) is 30.3 Å². The fourth-order valence-electron chi connectivity index (χ4n) is 2.70. The maximum atomic E-state index is 9.72. The lowest BCUT2D eigenvalue weighted by atomic mass is 9.93. The second-order valence-corrected chi connectivity index (χ2v) is 5.05. The van der Waals surface area contributed by atoms with Crippen molar-refractivity contribution in [3.8, 4) is 11.1 Å². The van der Waals surface area contributed by atoms with Crippen molar-refractivity contribution < 1.29 is 5.11 Å². The van der Waals surface area contributed by atoms with Gasteiger partial charge in [0.2, 0.25) is 0 Å². The maximum absolute atomic E-state index is 9.72. The molecule has 0 spiro atoms. The molecule has 1 N–H and O–H groups in total. The van der Waals surface area contributed by atoms with E-state index in [-0.39, 0.29) is 6.10 Å². The van der Waals surface area contributed by atoms with E-state index in [1.807, 2.05) is 29.1 Å². The SMILES string of the molecule is OC1CCCC(n2cc(-c3ccccc3)cn2)C1. The minimum Gasteiger partial charge on any atom is -0.393 e. The summed E-state index contributed by atoms with van der Waals surface area (Å²) in [6.45, 7) is 0. The van der Waals surface area contributed by atoms with Crippen LogP contribution in [0, 0.1) is 0 Å². The second-order valence-electron chi connectivity index (χ2n) is 5.05. The van der Waals surface area contributed by atoms with Gasteiger partial charge >= 0.3 is 0 Å². The molecule has 3 nitrogen and oxygen atoms in total. The Bertz CT molecular complexity index is 506. The molecule has 0 radical (unpaired) electrons. The zero-order chi connectivity index (χ0) is 12.4. The van der Waals surface area contributed by atoms with Crippen LogP contribution in [-0.2, 0) is 0 Å². The van der Waals surface area contributed by atoms with E-state index in [1.54, 1.807) is 0 Å². The zero-order valence-corrected chi connectivity index (χ0v) is 10.4. The monoisotopic (exact) mass is 242 g/mol. The van der Waals surface area contributed by atoms with Crippen molar-refractivity contribution in [2.45, 2.75) is 37.8 Å². The molecule has 18 heavy (non-hydrogen) atoms. The number of hydrogen-bond acceptors (Lipinski definition) is 2. The van der Waals surface area contributed by atoms with Gasteiger partial charge in [0.15, 0.2) is 0 Å². The number of hydrogen-bond donors (Lipinski definition) is 1. The summed E-state index contributed by atoms with van der Waals surface area (Å²) in [6, 6.07) is 10.6. The summed E-state index contributed by atoms with van der Waals surface area (Å²) in [5.74, 6) is 0. The third-order valence-electron chi connectivity index (χ3n) is 3.70. The highest BCUT2D eigenvalue weighted by atomic mass is 16.3. The molecule has 2 aromatic rings. The van der Waals surface area contributed by atoms with Crippen LogP contribution in [0.2, 0.25) is 0 Å². The van der Waals surface area contributed by atoms with Crippen LogP contribution >= 0.6 is 0 Å². The zero-order valence-electron chi connectivity index (χ0n) is 10.4. The summed E-state index contributed by atoms with van der Waals surface area (Å²) in [5.41, 5.74) is 2.34. The van der Waals surface area contributed by atoms with Crippen LogP contribution in [0.1, 0.15) is 31.7 Å². The van der Waals surface area contributed by atoms with Gasteiger partial charge in [0.1, 0.15) is 0 Å². The summed E-state index contributed by atoms with van der Waals surface area (Å²) < 4.78 is 2.02. The molecule has 0 aliphatic heterocycles. The van der Waals surface area contributed by atoms with Crippen LogP contribution in [0.15, 0.2) is 42.7 Å². The van der Waals surface area contributed by atoms with E-state index in [1.165, 1.54) is 5.56 Å². The average Bonchev–Trinajstić information content (AvgIpc) is 2.89. The third kappa shape index (κ3) is 2.31. The summed E-state index contributed by atoms with van der Waals surface area (Å²) in [5, 5.41) is 14.2. The topological polar surface area (TPSA) is 38.0 Å². The standard InChI is InChI=1S/C15H18N2O/c18-15-8-4-7-14(9-15)17-11-13(10-16-17)12-5-2-1-3-6-12/h1-3,5-6,10-11,14-15,18H,4,7-9H2. The summed E-state index contributed by atoms with van der Waals surface area (Å²) in [7, 11) is 0. The molecular formula is C15H18N2O. The van der Waals surface area contributed by atoms with E-state index in [2.05, 4.69) is 23.4 Å². The predicted molar refractivity (Wildman–Crippen MR) is 71.2 cm³/mol. The number of nitrogens with zero attached hydrogens (tertiary/aromatic N) is 2. The molecule has 3 rings (SSSR count). The first kappa shape index (κ1) is 11.5. The van der Waals surface area contributed by atoms with E-state index in [4.69, 9.17) is 0 Å². The first-order valence-electron chi connectivity index (χ1n) is 6.60. The van der Waals surface area contributed by atoms with Crippen LogP contribution in [0.25, 0.3) is 11.1 Å². The van der Waals surface area contributed by atoms with Crippen molar-refractivity contribution in [3.05, 3.63) is 42.7 Å². The van der Waals surface area contributed by atoms with Crippen molar-refractivity contribution in [3.63, 3.8) is 0 Å². The van der Waals surface area contributed by atoms with Gasteiger partial charge in [0.25, 0.3) is 0 Å². The Morgan fingerprint density at radius 1 is 1.11 bits per heavy atom. The minimum atomic E-state index is -0.159. The first-order valence-corrected chi connectivity index (χ1v) is 6.60. The van der Waals surface area contributed by atoms with E-state index >= 15 is 0 Å². The summed E-state index contributed by atoms with van der Waals surface area (Å²) >= 11 is 0. The fourth-order valence-corrected chi connectivity index (χ4v) is 2.70. The lowest BCUT2D eigenvalue weighted by molar-refractivity contribution is 0.100. The Kier molecular flexibility index (Phi) is 3.15. The Morgan fingerprint density at radius 3 is 2.72 bits per heavy atom. The quantitative estimate of drug-likeness (QED) is 0.879. The molecule has 0 saturated heterocycles. The number of rotatable bonds is 2. The van der Waals surface area contributed by atoms with Gasteiger partial charge in [-0.2, -0.15) is 5.10 Å². The molecular weight excluding hydrogens is 224 g/mol. The Balaban J connectivity index is 1.81. The number of aromatic nitrogens is 2. The number of aliphatic hydroxyl groups is 1. The first-order chi connectivity index (χ1) is 8.83. The Labute approximate surface area is 107 Å². The van der Waals surface area contributed by atoms with Crippen LogP contribution in [0.3, 0.4) is 0 Å². The predicted octanol–water partition coefficient (Wildman–Crippen LogP) is 3.03. The number of aliphatic hydroxyl groups excluding tert-OH is 1. The van der Waals surface area contributed by atoms with Crippen molar-refractivity contribution >= 4 is 0 Å². The molecule has 1 aromatic heterocycles. The van der Waals surface area contributed by atoms with Gasteiger partial charge in [-0.25, -0.2) is 0 Å². The molecule has 1 fully saturated rings. The number of benzene rings is 1. The molecule has 1 saturated carbocycles. The molecule has 0 bridgehead atoms. The highest BCUT2D eigenvalue weighted by Gasteiger charge is 2.22. The summed E-state index contributed by atoms with van der Waals surface area (Å²) in [6.07, 6.45) is 7.82.